The zero-order valence-electron chi connectivity index (χ0n) is 36.9. The summed E-state index contributed by atoms with van der Waals surface area (Å²) < 4.78 is 4.73. The van der Waals surface area contributed by atoms with Gasteiger partial charge in [0, 0.05) is 57.5 Å². The van der Waals surface area contributed by atoms with Crippen molar-refractivity contribution in [3.8, 4) is 11.5 Å². The molecule has 9 heteroatoms. The lowest BCUT2D eigenvalue weighted by Gasteiger charge is -2.23. The summed E-state index contributed by atoms with van der Waals surface area (Å²) in [5.41, 5.74) is 13.1. The van der Waals surface area contributed by atoms with Crippen LogP contribution in [0.3, 0.4) is 0 Å². The largest absolute Gasteiger partial charge is 0.508 e. The summed E-state index contributed by atoms with van der Waals surface area (Å²) >= 11 is 7.42. The third-order valence-corrected chi connectivity index (χ3v) is 13.9. The van der Waals surface area contributed by atoms with Crippen LogP contribution < -0.4 is 16.0 Å². The predicted molar refractivity (Wildman–Crippen MR) is 259 cm³/mol. The van der Waals surface area contributed by atoms with Crippen molar-refractivity contribution in [2.24, 2.45) is 5.92 Å². The van der Waals surface area contributed by atoms with E-state index in [0.717, 1.165) is 70.3 Å². The number of aromatic nitrogens is 1. The average molecular weight is 873 g/mol. The minimum absolute atomic E-state index is 0.0415. The van der Waals surface area contributed by atoms with E-state index in [4.69, 9.17) is 11.6 Å². The number of halogens is 1. The van der Waals surface area contributed by atoms with Crippen molar-refractivity contribution in [1.29, 1.82) is 0 Å². The lowest BCUT2D eigenvalue weighted by molar-refractivity contribution is -0.434. The molecule has 1 aromatic heterocycles. The normalized spacial score (nSPS) is 18.2. The van der Waals surface area contributed by atoms with Gasteiger partial charge in [-0.3, -0.25) is 9.59 Å². The highest BCUT2D eigenvalue weighted by Gasteiger charge is 2.41. The second-order valence-electron chi connectivity index (χ2n) is 17.9. The molecule has 4 N–H and O–H groups in total. The van der Waals surface area contributed by atoms with Crippen molar-refractivity contribution in [3.05, 3.63) is 164 Å². The van der Waals surface area contributed by atoms with Crippen LogP contribution in [0.25, 0.3) is 27.8 Å². The van der Waals surface area contributed by atoms with Crippen LogP contribution in [0.2, 0.25) is 0 Å². The van der Waals surface area contributed by atoms with Crippen LogP contribution >= 0.6 is 11.6 Å². The summed E-state index contributed by atoms with van der Waals surface area (Å²) in [6.07, 6.45) is 14.5. The maximum absolute atomic E-state index is 13.0. The van der Waals surface area contributed by atoms with Crippen molar-refractivity contribution in [2.45, 2.75) is 78.2 Å². The molecule has 64 heavy (non-hydrogen) atoms. The molecule has 3 aliphatic rings. The van der Waals surface area contributed by atoms with Gasteiger partial charge in [-0.1, -0.05) is 85.3 Å². The molecule has 326 valence electrons. The Morgan fingerprint density at radius 1 is 0.797 bits per heavy atom. The second kappa shape index (κ2) is 18.4. The minimum Gasteiger partial charge on any atom is -0.508 e. The molecule has 0 saturated carbocycles. The lowest BCUT2D eigenvalue weighted by Crippen LogP contribution is -2.31. The quantitative estimate of drug-likeness (QED) is 0.0868. The van der Waals surface area contributed by atoms with Crippen LogP contribution in [0.1, 0.15) is 71.9 Å². The number of aromatic hydroxyl groups is 2. The van der Waals surface area contributed by atoms with Crippen molar-refractivity contribution >= 4 is 62.6 Å². The zero-order chi connectivity index (χ0) is 44.5. The number of amides is 2. The highest BCUT2D eigenvalue weighted by Crippen LogP contribution is 2.45. The van der Waals surface area contributed by atoms with Gasteiger partial charge in [0.1, 0.15) is 11.5 Å². The Hall–Kier alpha value is -6.38. The molecule has 5 aromatic carbocycles. The molecule has 0 bridgehead atoms. The van der Waals surface area contributed by atoms with Gasteiger partial charge in [-0.25, -0.2) is 0 Å². The first-order chi connectivity index (χ1) is 31.0. The summed E-state index contributed by atoms with van der Waals surface area (Å²) in [5.74, 6) is 0.958. The number of allylic oxidation sites excluding steroid dienone is 6. The van der Waals surface area contributed by atoms with E-state index in [-0.39, 0.29) is 36.2 Å². The maximum atomic E-state index is 13.0. The van der Waals surface area contributed by atoms with E-state index in [1.807, 2.05) is 0 Å². The van der Waals surface area contributed by atoms with Crippen molar-refractivity contribution in [1.82, 2.24) is 15.2 Å². The van der Waals surface area contributed by atoms with Gasteiger partial charge in [0.2, 0.25) is 17.5 Å². The molecule has 8 nitrogen and oxygen atoms in total. The molecule has 1 aliphatic heterocycles. The number of hydrogen-bond donors (Lipinski definition) is 4. The summed E-state index contributed by atoms with van der Waals surface area (Å²) in [6.45, 7) is 8.89. The molecule has 0 saturated heterocycles. The molecule has 2 aliphatic carbocycles. The van der Waals surface area contributed by atoms with E-state index >= 15 is 0 Å². The average Bonchev–Trinajstić information content (AvgIpc) is 3.76. The molecule has 2 unspecified atom stereocenters. The van der Waals surface area contributed by atoms with Gasteiger partial charge in [-0.15, -0.1) is 0 Å². The maximum Gasteiger partial charge on any atom is 0.224 e. The fraction of sp³-hybridized carbons (Fsp3) is 0.291. The van der Waals surface area contributed by atoms with E-state index in [1.165, 1.54) is 49.8 Å². The van der Waals surface area contributed by atoms with Crippen molar-refractivity contribution < 1.29 is 24.4 Å². The Morgan fingerprint density at radius 2 is 1.47 bits per heavy atom. The number of benzene rings is 5. The van der Waals surface area contributed by atoms with E-state index in [9.17, 15) is 19.8 Å². The summed E-state index contributed by atoms with van der Waals surface area (Å²) in [7, 11) is 0. The smallest absolute Gasteiger partial charge is 0.224 e. The molecular formula is C55H56ClN4O4+. The van der Waals surface area contributed by atoms with E-state index in [1.54, 1.807) is 48.5 Å². The zero-order valence-corrected chi connectivity index (χ0v) is 37.6. The van der Waals surface area contributed by atoms with Gasteiger partial charge < -0.3 is 25.4 Å². The van der Waals surface area contributed by atoms with Crippen molar-refractivity contribution in [3.63, 3.8) is 0 Å². The third kappa shape index (κ3) is 8.76. The van der Waals surface area contributed by atoms with Gasteiger partial charge in [-0.2, -0.15) is 4.58 Å². The van der Waals surface area contributed by atoms with E-state index < -0.39 is 0 Å². The Morgan fingerprint density at radius 3 is 2.19 bits per heavy atom. The number of aryl methyl sites for hydroxylation is 2. The van der Waals surface area contributed by atoms with Crippen LogP contribution in [0.4, 0.5) is 5.69 Å². The summed E-state index contributed by atoms with van der Waals surface area (Å²) in [5, 5.41) is 31.1. The number of phenols is 2. The van der Waals surface area contributed by atoms with Crippen LogP contribution in [0.5, 0.6) is 11.5 Å². The van der Waals surface area contributed by atoms with Gasteiger partial charge in [0.15, 0.2) is 12.3 Å². The molecular weight excluding hydrogens is 816 g/mol. The summed E-state index contributed by atoms with van der Waals surface area (Å²) in [4.78, 5) is 26.0. The first-order valence-corrected chi connectivity index (χ1v) is 23.0. The fourth-order valence-corrected chi connectivity index (χ4v) is 10.6. The molecule has 6 aromatic rings. The highest BCUT2D eigenvalue weighted by atomic mass is 35.5. The monoisotopic (exact) mass is 871 g/mol. The highest BCUT2D eigenvalue weighted by molar-refractivity contribution is 6.32. The second-order valence-corrected chi connectivity index (χ2v) is 18.3. The lowest BCUT2D eigenvalue weighted by atomic mass is 9.79. The Balaban J connectivity index is 1.01. The van der Waals surface area contributed by atoms with Gasteiger partial charge in [-0.05, 0) is 133 Å². The van der Waals surface area contributed by atoms with Crippen molar-refractivity contribution in [2.75, 3.05) is 19.6 Å². The number of rotatable bonds is 13. The Bertz CT molecular complexity index is 2970. The van der Waals surface area contributed by atoms with Crippen LogP contribution in [0, 0.1) is 19.8 Å². The van der Waals surface area contributed by atoms with Gasteiger partial charge >= 0.3 is 0 Å². The number of nitrogens with zero attached hydrogens (tertiary/aromatic N) is 2. The molecule has 2 amide bonds. The summed E-state index contributed by atoms with van der Waals surface area (Å²) in [6, 6.07) is 28.9. The standard InChI is InChI=1S/C55H55ClN4O4/c1-34-30-39(16-24-47-45-8-4-6-43-35(2)10-22-49(53(43)45)59(47)28-26-57-51(63)32-37-12-18-41(61)19-13-37)55(56)40(31-34)17-25-48-46-9-5-7-44-36(3)11-23-50(54(44)46)60(48)29-27-58-52(64)33-38-14-20-42(62)21-15-38/h4,6,8,10-25,34,46H,5,7,9,26-33H2,1-3H3,(H3-,57,58,61,62,63,64)/p+1. The molecule has 0 fully saturated rings. The number of carbonyl (C=O) groups is 2. The third-order valence-electron chi connectivity index (χ3n) is 13.4. The Labute approximate surface area is 380 Å². The molecule has 9 rings (SSSR count). The topological polar surface area (TPSA) is 107 Å². The number of hydrogen-bond acceptors (Lipinski definition) is 4. The minimum atomic E-state index is -0.0617. The number of carbonyl (C=O) groups excluding carboxylic acids is 2. The molecule has 0 radical (unpaired) electrons. The van der Waals surface area contributed by atoms with Gasteiger partial charge in [0.05, 0.1) is 25.3 Å². The van der Waals surface area contributed by atoms with Crippen LogP contribution in [-0.4, -0.2) is 56.5 Å². The van der Waals surface area contributed by atoms with Gasteiger partial charge in [0.25, 0.3) is 0 Å². The van der Waals surface area contributed by atoms with E-state index in [0.29, 0.717) is 38.0 Å². The number of phenolic OH excluding ortho intramolecular Hbond substituents is 2. The fourth-order valence-electron chi connectivity index (χ4n) is 10.3. The SMILES string of the molecule is Cc1ccc2c3c1CCCC3C(C=CC1=C(Cl)C(=CC=c3c4cccc5c(C)ccc(c54)n3CCNC(=O)Cc3ccc(O)cc3)CC(C)C1)=[N+]2CCNC(=O)Cc1ccc(O)cc1. The van der Waals surface area contributed by atoms with Crippen LogP contribution in [-0.2, 0) is 35.4 Å². The van der Waals surface area contributed by atoms with Crippen LogP contribution in [0.15, 0.2) is 125 Å². The molecule has 2 heterocycles. The number of nitrogens with one attached hydrogen (secondary N) is 2. The molecule has 0 spiro atoms. The molecule has 2 atom stereocenters. The first kappa shape index (κ1) is 42.9. The Kier molecular flexibility index (Phi) is 12.3. The van der Waals surface area contributed by atoms with E-state index in [2.05, 4.69) is 107 Å². The first-order valence-electron chi connectivity index (χ1n) is 22.7. The predicted octanol–water partition coefficient (Wildman–Crippen LogP) is 9.66.